The van der Waals surface area contributed by atoms with Crippen LogP contribution in [0.4, 0.5) is 18.9 Å². The minimum absolute atomic E-state index is 0.0472. The molecule has 19 heavy (non-hydrogen) atoms. The highest BCUT2D eigenvalue weighted by Gasteiger charge is 2.31. The summed E-state index contributed by atoms with van der Waals surface area (Å²) in [6.07, 6.45) is -4.79. The van der Waals surface area contributed by atoms with Gasteiger partial charge in [-0.1, -0.05) is 15.9 Å². The molecule has 0 aromatic heterocycles. The zero-order valence-electron chi connectivity index (χ0n) is 10.1. The Balaban J connectivity index is 2.79. The lowest BCUT2D eigenvalue weighted by Crippen LogP contribution is -2.15. The molecule has 1 amide bonds. The Morgan fingerprint density at radius 2 is 2.05 bits per heavy atom. The van der Waals surface area contributed by atoms with Crippen molar-refractivity contribution in [2.24, 2.45) is 0 Å². The summed E-state index contributed by atoms with van der Waals surface area (Å²) in [4.78, 5) is 11.5. The van der Waals surface area contributed by atoms with E-state index < -0.39 is 23.8 Å². The summed E-state index contributed by atoms with van der Waals surface area (Å²) in [5, 5.41) is 11.4. The Morgan fingerprint density at radius 1 is 1.42 bits per heavy atom. The van der Waals surface area contributed by atoms with Crippen LogP contribution in [0.3, 0.4) is 0 Å². The van der Waals surface area contributed by atoms with Crippen LogP contribution >= 0.6 is 15.9 Å². The highest BCUT2D eigenvalue weighted by Crippen LogP contribution is 2.33. The number of benzene rings is 1. The summed E-state index contributed by atoms with van der Waals surface area (Å²) in [7, 11) is 0. The van der Waals surface area contributed by atoms with Gasteiger partial charge in [-0.2, -0.15) is 13.2 Å². The summed E-state index contributed by atoms with van der Waals surface area (Å²) in [6, 6.07) is 3.19. The number of nitrogens with one attached hydrogen (secondary N) is 1. The maximum atomic E-state index is 12.6. The number of rotatable bonds is 4. The van der Waals surface area contributed by atoms with Crippen LogP contribution in [0, 0.1) is 0 Å². The average molecular weight is 340 g/mol. The molecule has 0 radical (unpaired) electrons. The molecule has 7 heteroatoms. The maximum Gasteiger partial charge on any atom is 0.416 e. The quantitative estimate of drug-likeness (QED) is 0.880. The molecule has 1 aromatic carbocycles. The fourth-order valence-corrected chi connectivity index (χ4v) is 1.88. The molecule has 1 rings (SSSR count). The number of hydrogen-bond donors (Lipinski definition) is 2. The molecule has 0 aliphatic carbocycles. The average Bonchev–Trinajstić information content (AvgIpc) is 2.24. The molecule has 0 saturated carbocycles. The largest absolute Gasteiger partial charge is 0.416 e. The van der Waals surface area contributed by atoms with Gasteiger partial charge in [0.15, 0.2) is 0 Å². The number of amides is 1. The van der Waals surface area contributed by atoms with Crippen molar-refractivity contribution in [2.45, 2.75) is 32.0 Å². The van der Waals surface area contributed by atoms with Gasteiger partial charge in [-0.15, -0.1) is 0 Å². The number of hydrogen-bond acceptors (Lipinski definition) is 2. The molecule has 0 spiro atoms. The predicted octanol–water partition coefficient (Wildman–Crippen LogP) is 3.57. The predicted molar refractivity (Wildman–Crippen MR) is 68.7 cm³/mol. The van der Waals surface area contributed by atoms with E-state index in [1.165, 1.54) is 13.0 Å². The van der Waals surface area contributed by atoms with Crippen LogP contribution in [-0.2, 0) is 11.0 Å². The van der Waals surface area contributed by atoms with Crippen LogP contribution < -0.4 is 5.32 Å². The first-order valence-electron chi connectivity index (χ1n) is 5.54. The Hall–Kier alpha value is -1.08. The second-order valence-electron chi connectivity index (χ2n) is 4.16. The van der Waals surface area contributed by atoms with Gasteiger partial charge >= 0.3 is 6.18 Å². The van der Waals surface area contributed by atoms with E-state index in [9.17, 15) is 18.0 Å². The molecular weight excluding hydrogens is 327 g/mol. The molecule has 2 N–H and O–H groups in total. The van der Waals surface area contributed by atoms with E-state index in [1.807, 2.05) is 0 Å². The van der Waals surface area contributed by atoms with E-state index in [-0.39, 0.29) is 23.0 Å². The molecule has 1 unspecified atom stereocenters. The van der Waals surface area contributed by atoms with Gasteiger partial charge in [-0.3, -0.25) is 4.79 Å². The normalized spacial score (nSPS) is 13.2. The number of carbonyl (C=O) groups excluding carboxylic acids is 1. The third-order valence-corrected chi connectivity index (χ3v) is 2.76. The summed E-state index contributed by atoms with van der Waals surface area (Å²) >= 11 is 2.97. The lowest BCUT2D eigenvalue weighted by Gasteiger charge is -2.11. The van der Waals surface area contributed by atoms with Crippen LogP contribution in [0.15, 0.2) is 22.7 Å². The molecule has 0 heterocycles. The van der Waals surface area contributed by atoms with Crippen LogP contribution in [0.2, 0.25) is 0 Å². The molecule has 0 bridgehead atoms. The van der Waals surface area contributed by atoms with Gasteiger partial charge in [0.05, 0.1) is 11.7 Å². The minimum Gasteiger partial charge on any atom is -0.393 e. The molecule has 0 fully saturated rings. The fraction of sp³-hybridized carbons (Fsp3) is 0.417. The van der Waals surface area contributed by atoms with Gasteiger partial charge in [0.1, 0.15) is 0 Å². The molecule has 0 saturated heterocycles. The van der Waals surface area contributed by atoms with Gasteiger partial charge in [-0.25, -0.2) is 0 Å². The lowest BCUT2D eigenvalue weighted by atomic mass is 10.1. The Morgan fingerprint density at radius 3 is 2.58 bits per heavy atom. The lowest BCUT2D eigenvalue weighted by molar-refractivity contribution is -0.137. The Labute approximate surface area is 116 Å². The number of halogens is 4. The van der Waals surface area contributed by atoms with Crippen LogP contribution in [0.1, 0.15) is 25.3 Å². The highest BCUT2D eigenvalue weighted by molar-refractivity contribution is 9.10. The molecule has 3 nitrogen and oxygen atoms in total. The van der Waals surface area contributed by atoms with E-state index in [4.69, 9.17) is 5.11 Å². The van der Waals surface area contributed by atoms with Crippen LogP contribution in [0.25, 0.3) is 0 Å². The standard InChI is InChI=1S/C12H13BrF3NO2/c1-7(18)2-3-11(19)17-10-5-8(12(14,15)16)4-9(13)6-10/h4-7,18H,2-3H2,1H3,(H,17,19). The first-order valence-corrected chi connectivity index (χ1v) is 6.33. The zero-order chi connectivity index (χ0) is 14.6. The van der Waals surface area contributed by atoms with Crippen molar-refractivity contribution < 1.29 is 23.1 Å². The SMILES string of the molecule is CC(O)CCC(=O)Nc1cc(Br)cc(C(F)(F)F)c1. The smallest absolute Gasteiger partial charge is 0.393 e. The molecule has 0 aliphatic rings. The monoisotopic (exact) mass is 339 g/mol. The fourth-order valence-electron chi connectivity index (χ4n) is 1.39. The number of anilines is 1. The summed E-state index contributed by atoms with van der Waals surface area (Å²) in [5.74, 6) is -0.438. The van der Waals surface area contributed by atoms with E-state index in [0.717, 1.165) is 12.1 Å². The Kier molecular flexibility index (Phi) is 5.37. The number of aliphatic hydroxyl groups excluding tert-OH is 1. The van der Waals surface area contributed by atoms with Gasteiger partial charge in [0.25, 0.3) is 0 Å². The van der Waals surface area contributed by atoms with Gasteiger partial charge in [0.2, 0.25) is 5.91 Å². The van der Waals surface area contributed by atoms with E-state index >= 15 is 0 Å². The van der Waals surface area contributed by atoms with E-state index in [2.05, 4.69) is 21.2 Å². The second kappa shape index (κ2) is 6.38. The van der Waals surface area contributed by atoms with Gasteiger partial charge < -0.3 is 10.4 Å². The van der Waals surface area contributed by atoms with Gasteiger partial charge in [-0.05, 0) is 31.5 Å². The summed E-state index contributed by atoms with van der Waals surface area (Å²) in [5.41, 5.74) is -0.773. The Bertz CT molecular complexity index is 461. The molecule has 0 aliphatic heterocycles. The highest BCUT2D eigenvalue weighted by atomic mass is 79.9. The van der Waals surface area contributed by atoms with Crippen molar-refractivity contribution in [3.05, 3.63) is 28.2 Å². The van der Waals surface area contributed by atoms with Crippen molar-refractivity contribution in [1.29, 1.82) is 0 Å². The van der Waals surface area contributed by atoms with Gasteiger partial charge in [0, 0.05) is 16.6 Å². The molecular formula is C12H13BrF3NO2. The first-order chi connectivity index (χ1) is 8.68. The second-order valence-corrected chi connectivity index (χ2v) is 5.08. The van der Waals surface area contributed by atoms with E-state index in [1.54, 1.807) is 0 Å². The van der Waals surface area contributed by atoms with Crippen molar-refractivity contribution in [3.63, 3.8) is 0 Å². The van der Waals surface area contributed by atoms with Crippen molar-refractivity contribution in [1.82, 2.24) is 0 Å². The third-order valence-electron chi connectivity index (χ3n) is 2.30. The number of carbonyl (C=O) groups is 1. The van der Waals surface area contributed by atoms with E-state index in [0.29, 0.717) is 0 Å². The van der Waals surface area contributed by atoms with Crippen LogP contribution in [0.5, 0.6) is 0 Å². The molecule has 106 valence electrons. The third kappa shape index (κ3) is 5.61. The van der Waals surface area contributed by atoms with Crippen LogP contribution in [-0.4, -0.2) is 17.1 Å². The minimum atomic E-state index is -4.47. The number of alkyl halides is 3. The number of aliphatic hydroxyl groups is 1. The molecule has 1 aromatic rings. The molecule has 1 atom stereocenters. The summed E-state index contributed by atoms with van der Waals surface area (Å²) < 4.78 is 37.9. The first kappa shape index (κ1) is 16.0. The summed E-state index contributed by atoms with van der Waals surface area (Å²) in [6.45, 7) is 1.54. The van der Waals surface area contributed by atoms with Crippen molar-refractivity contribution in [2.75, 3.05) is 5.32 Å². The zero-order valence-corrected chi connectivity index (χ0v) is 11.7. The van der Waals surface area contributed by atoms with Crippen molar-refractivity contribution in [3.8, 4) is 0 Å². The van der Waals surface area contributed by atoms with Crippen molar-refractivity contribution >= 4 is 27.5 Å². The topological polar surface area (TPSA) is 49.3 Å². The maximum absolute atomic E-state index is 12.6.